The lowest BCUT2D eigenvalue weighted by Gasteiger charge is -2.08. The third-order valence-corrected chi connectivity index (χ3v) is 3.30. The Bertz CT molecular complexity index is 595. The Labute approximate surface area is 121 Å². The smallest absolute Gasteiger partial charge is 0.239 e. The third kappa shape index (κ3) is 3.01. The Kier molecular flexibility index (Phi) is 4.66. The van der Waals surface area contributed by atoms with E-state index < -0.39 is 0 Å². The Morgan fingerprint density at radius 3 is 2.95 bits per heavy atom. The Hall–Kier alpha value is -1.26. The molecule has 102 valence electrons. The first-order valence-corrected chi connectivity index (χ1v) is 7.05. The number of para-hydroxylation sites is 1. The van der Waals surface area contributed by atoms with E-state index in [9.17, 15) is 4.79 Å². The first-order chi connectivity index (χ1) is 9.17. The lowest BCUT2D eigenvalue weighted by atomic mass is 10.3. The van der Waals surface area contributed by atoms with E-state index >= 15 is 0 Å². The highest BCUT2D eigenvalue weighted by molar-refractivity contribution is 6.34. The highest BCUT2D eigenvalue weighted by Crippen LogP contribution is 2.24. The average molecular weight is 300 g/mol. The third-order valence-electron chi connectivity index (χ3n) is 2.80. The summed E-state index contributed by atoms with van der Waals surface area (Å²) in [6.45, 7) is 2.73. The fourth-order valence-electron chi connectivity index (χ4n) is 2.01. The van der Waals surface area contributed by atoms with E-state index in [0.717, 1.165) is 11.3 Å². The van der Waals surface area contributed by atoms with Gasteiger partial charge in [0.1, 0.15) is 17.9 Å². The van der Waals surface area contributed by atoms with Gasteiger partial charge in [0.25, 0.3) is 0 Å². The van der Waals surface area contributed by atoms with Crippen LogP contribution in [0.1, 0.15) is 12.7 Å². The summed E-state index contributed by atoms with van der Waals surface area (Å²) < 4.78 is 1.87. The average Bonchev–Trinajstić information content (AvgIpc) is 2.71. The number of aryl methyl sites for hydroxylation is 1. The van der Waals surface area contributed by atoms with Crippen molar-refractivity contribution in [2.45, 2.75) is 19.9 Å². The Balaban J connectivity index is 2.46. The number of benzene rings is 1. The van der Waals surface area contributed by atoms with Gasteiger partial charge in [-0.3, -0.25) is 4.79 Å². The number of nitrogens with one attached hydrogen (secondary N) is 1. The molecule has 1 heterocycles. The second-order valence-corrected chi connectivity index (χ2v) is 4.90. The predicted molar refractivity (Wildman–Crippen MR) is 77.9 cm³/mol. The number of imidazole rings is 1. The Morgan fingerprint density at radius 2 is 2.26 bits per heavy atom. The van der Waals surface area contributed by atoms with E-state index in [4.69, 9.17) is 23.2 Å². The molecule has 0 aliphatic heterocycles. The van der Waals surface area contributed by atoms with Gasteiger partial charge in [0.15, 0.2) is 0 Å². The van der Waals surface area contributed by atoms with Crippen molar-refractivity contribution in [1.82, 2.24) is 14.9 Å². The second-order valence-electron chi connectivity index (χ2n) is 4.11. The number of carbonyl (C=O) groups excluding carboxylic acids is 1. The summed E-state index contributed by atoms with van der Waals surface area (Å²) in [6.07, 6.45) is 0.603. The molecule has 2 rings (SSSR count). The van der Waals surface area contributed by atoms with E-state index in [1.807, 2.05) is 23.6 Å². The monoisotopic (exact) mass is 299 g/mol. The van der Waals surface area contributed by atoms with Crippen molar-refractivity contribution < 1.29 is 4.79 Å². The summed E-state index contributed by atoms with van der Waals surface area (Å²) in [5, 5.41) is 3.37. The molecule has 0 bridgehead atoms. The molecule has 2 aromatic rings. The number of hydrogen-bond donors (Lipinski definition) is 1. The molecule has 0 aliphatic rings. The van der Waals surface area contributed by atoms with Crippen LogP contribution in [0, 0.1) is 0 Å². The fourth-order valence-corrected chi connectivity index (χ4v) is 2.39. The molecule has 0 saturated heterocycles. The lowest BCUT2D eigenvalue weighted by Crippen LogP contribution is -2.27. The zero-order valence-corrected chi connectivity index (χ0v) is 12.1. The molecule has 0 saturated carbocycles. The standard InChI is InChI=1S/C13H15Cl2N3O/c1-2-16-12(19)8-18-10-5-3-4-9(15)13(10)17-11(18)6-7-14/h3-5H,2,6-8H2,1H3,(H,16,19). The summed E-state index contributed by atoms with van der Waals surface area (Å²) in [5.41, 5.74) is 1.58. The zero-order valence-electron chi connectivity index (χ0n) is 10.6. The first kappa shape index (κ1) is 14.2. The largest absolute Gasteiger partial charge is 0.355 e. The summed E-state index contributed by atoms with van der Waals surface area (Å²) in [6, 6.07) is 5.55. The van der Waals surface area contributed by atoms with Gasteiger partial charge in [0.2, 0.25) is 5.91 Å². The maximum atomic E-state index is 11.8. The van der Waals surface area contributed by atoms with Gasteiger partial charge >= 0.3 is 0 Å². The van der Waals surface area contributed by atoms with Gasteiger partial charge in [-0.05, 0) is 19.1 Å². The number of likely N-dealkylation sites (N-methyl/N-ethyl adjacent to an activating group) is 1. The molecule has 0 spiro atoms. The molecule has 19 heavy (non-hydrogen) atoms. The first-order valence-electron chi connectivity index (χ1n) is 6.13. The van der Waals surface area contributed by atoms with Crippen molar-refractivity contribution in [2.24, 2.45) is 0 Å². The van der Waals surface area contributed by atoms with E-state index in [-0.39, 0.29) is 12.5 Å². The number of alkyl halides is 1. The van der Waals surface area contributed by atoms with Crippen molar-refractivity contribution >= 4 is 40.1 Å². The predicted octanol–water partition coefficient (Wildman–Crippen LogP) is 2.61. The van der Waals surface area contributed by atoms with Gasteiger partial charge < -0.3 is 9.88 Å². The van der Waals surface area contributed by atoms with Crippen molar-refractivity contribution in [3.8, 4) is 0 Å². The van der Waals surface area contributed by atoms with E-state index in [1.165, 1.54) is 0 Å². The van der Waals surface area contributed by atoms with Crippen LogP contribution in [0.5, 0.6) is 0 Å². The minimum absolute atomic E-state index is 0.0439. The van der Waals surface area contributed by atoms with Crippen LogP contribution in [-0.4, -0.2) is 27.9 Å². The van der Waals surface area contributed by atoms with E-state index in [2.05, 4.69) is 10.3 Å². The van der Waals surface area contributed by atoms with Crippen LogP contribution >= 0.6 is 23.2 Å². The van der Waals surface area contributed by atoms with Crippen molar-refractivity contribution in [3.05, 3.63) is 29.0 Å². The molecule has 6 heteroatoms. The van der Waals surface area contributed by atoms with Crippen molar-refractivity contribution in [3.63, 3.8) is 0 Å². The number of fused-ring (bicyclic) bond motifs is 1. The van der Waals surface area contributed by atoms with Crippen LogP contribution in [0.15, 0.2) is 18.2 Å². The van der Waals surface area contributed by atoms with Gasteiger partial charge in [-0.15, -0.1) is 11.6 Å². The van der Waals surface area contributed by atoms with Crippen LogP contribution in [0.2, 0.25) is 5.02 Å². The molecule has 0 atom stereocenters. The highest BCUT2D eigenvalue weighted by atomic mass is 35.5. The van der Waals surface area contributed by atoms with Gasteiger partial charge in [0, 0.05) is 18.8 Å². The normalized spacial score (nSPS) is 10.9. The van der Waals surface area contributed by atoms with Gasteiger partial charge in [-0.2, -0.15) is 0 Å². The number of carbonyl (C=O) groups is 1. The molecule has 0 fully saturated rings. The van der Waals surface area contributed by atoms with Crippen LogP contribution in [0.25, 0.3) is 11.0 Å². The number of amides is 1. The zero-order chi connectivity index (χ0) is 13.8. The van der Waals surface area contributed by atoms with E-state index in [1.54, 1.807) is 6.07 Å². The molecule has 1 amide bonds. The SMILES string of the molecule is CCNC(=O)Cn1c(CCCl)nc2c(Cl)cccc21. The molecular formula is C13H15Cl2N3O. The van der Waals surface area contributed by atoms with Gasteiger partial charge in [0.05, 0.1) is 10.5 Å². The molecular weight excluding hydrogens is 285 g/mol. The number of aromatic nitrogens is 2. The quantitative estimate of drug-likeness (QED) is 0.863. The lowest BCUT2D eigenvalue weighted by molar-refractivity contribution is -0.121. The van der Waals surface area contributed by atoms with Crippen LogP contribution in [-0.2, 0) is 17.8 Å². The topological polar surface area (TPSA) is 46.9 Å². The number of rotatable bonds is 5. The molecule has 1 N–H and O–H groups in total. The number of halogens is 2. The van der Waals surface area contributed by atoms with Crippen molar-refractivity contribution in [1.29, 1.82) is 0 Å². The maximum absolute atomic E-state index is 11.8. The molecule has 1 aromatic heterocycles. The van der Waals surface area contributed by atoms with Gasteiger partial charge in [-0.25, -0.2) is 4.98 Å². The van der Waals surface area contributed by atoms with E-state index in [0.29, 0.717) is 29.4 Å². The minimum atomic E-state index is -0.0439. The van der Waals surface area contributed by atoms with Crippen LogP contribution in [0.4, 0.5) is 0 Å². The van der Waals surface area contributed by atoms with Gasteiger partial charge in [-0.1, -0.05) is 17.7 Å². The second kappa shape index (κ2) is 6.26. The van der Waals surface area contributed by atoms with Crippen molar-refractivity contribution in [2.75, 3.05) is 12.4 Å². The summed E-state index contributed by atoms with van der Waals surface area (Å²) >= 11 is 11.9. The number of hydrogen-bond acceptors (Lipinski definition) is 2. The molecule has 0 radical (unpaired) electrons. The molecule has 0 unspecified atom stereocenters. The Morgan fingerprint density at radius 1 is 1.47 bits per heavy atom. The fraction of sp³-hybridized carbons (Fsp3) is 0.385. The van der Waals surface area contributed by atoms with Crippen LogP contribution < -0.4 is 5.32 Å². The summed E-state index contributed by atoms with van der Waals surface area (Å²) in [7, 11) is 0. The minimum Gasteiger partial charge on any atom is -0.355 e. The number of nitrogens with zero attached hydrogens (tertiary/aromatic N) is 2. The molecule has 0 aliphatic carbocycles. The summed E-state index contributed by atoms with van der Waals surface area (Å²) in [5.74, 6) is 1.19. The molecule has 4 nitrogen and oxygen atoms in total. The maximum Gasteiger partial charge on any atom is 0.239 e. The summed E-state index contributed by atoms with van der Waals surface area (Å²) in [4.78, 5) is 16.3. The highest BCUT2D eigenvalue weighted by Gasteiger charge is 2.14. The van der Waals surface area contributed by atoms with Crippen LogP contribution in [0.3, 0.4) is 0 Å². The molecule has 1 aromatic carbocycles.